The van der Waals surface area contributed by atoms with Gasteiger partial charge < -0.3 is 4.84 Å². The van der Waals surface area contributed by atoms with Crippen LogP contribution in [0.1, 0.15) is 16.7 Å². The first-order valence-electron chi connectivity index (χ1n) is 9.30. The summed E-state index contributed by atoms with van der Waals surface area (Å²) < 4.78 is 1.75. The van der Waals surface area contributed by atoms with Crippen molar-refractivity contribution in [3.63, 3.8) is 0 Å². The molecule has 29 heavy (non-hydrogen) atoms. The number of rotatable bonds is 5. The third-order valence-electron chi connectivity index (χ3n) is 4.90. The molecule has 0 radical (unpaired) electrons. The summed E-state index contributed by atoms with van der Waals surface area (Å²) in [6.45, 7) is 0. The van der Waals surface area contributed by atoms with Gasteiger partial charge in [0.25, 0.3) is 0 Å². The van der Waals surface area contributed by atoms with Gasteiger partial charge in [-0.15, -0.1) is 0 Å². The van der Waals surface area contributed by atoms with Crippen molar-refractivity contribution in [1.29, 1.82) is 0 Å². The number of nitrogens with zero attached hydrogens (tertiary/aromatic N) is 1. The van der Waals surface area contributed by atoms with Crippen molar-refractivity contribution in [2.24, 2.45) is 0 Å². The molecule has 3 nitrogen and oxygen atoms in total. The summed E-state index contributed by atoms with van der Waals surface area (Å²) in [6.07, 6.45) is 1.64. The van der Waals surface area contributed by atoms with E-state index in [1.165, 1.54) is 4.73 Å². The lowest BCUT2D eigenvalue weighted by Crippen LogP contribution is -2.44. The molecule has 1 aromatic heterocycles. The van der Waals surface area contributed by atoms with E-state index in [9.17, 15) is 4.79 Å². The van der Waals surface area contributed by atoms with E-state index in [0.717, 1.165) is 16.7 Å². The lowest BCUT2D eigenvalue weighted by molar-refractivity contribution is -0.148. The van der Waals surface area contributed by atoms with Gasteiger partial charge in [-0.25, -0.2) is 4.79 Å². The summed E-state index contributed by atoms with van der Waals surface area (Å²) in [5.41, 5.74) is 1.33. The van der Waals surface area contributed by atoms with Gasteiger partial charge in [-0.2, -0.15) is 4.73 Å². The second-order valence-electron chi connectivity index (χ2n) is 6.59. The van der Waals surface area contributed by atoms with Crippen molar-refractivity contribution < 1.29 is 9.63 Å². The van der Waals surface area contributed by atoms with Crippen molar-refractivity contribution in [1.82, 2.24) is 4.73 Å². The highest BCUT2D eigenvalue weighted by Crippen LogP contribution is 2.39. The molecule has 4 rings (SSSR count). The highest BCUT2D eigenvalue weighted by molar-refractivity contribution is 7.71. The monoisotopic (exact) mass is 397 g/mol. The molecule has 0 aliphatic heterocycles. The molecule has 0 aliphatic rings. The average molecular weight is 397 g/mol. The number of carbonyl (C=O) groups is 1. The third-order valence-corrected chi connectivity index (χ3v) is 5.21. The second-order valence-corrected chi connectivity index (χ2v) is 7.01. The van der Waals surface area contributed by atoms with Crippen molar-refractivity contribution in [2.45, 2.75) is 5.41 Å². The Morgan fingerprint density at radius 1 is 0.655 bits per heavy atom. The van der Waals surface area contributed by atoms with Gasteiger partial charge in [0.05, 0.1) is 0 Å². The Labute approximate surface area is 174 Å². The van der Waals surface area contributed by atoms with Crippen LogP contribution < -0.4 is 4.84 Å². The first-order chi connectivity index (χ1) is 14.2. The number of pyridine rings is 1. The van der Waals surface area contributed by atoms with Crippen LogP contribution in [0.4, 0.5) is 0 Å². The zero-order chi connectivity index (χ0) is 20.1. The lowest BCUT2D eigenvalue weighted by Gasteiger charge is -2.33. The van der Waals surface area contributed by atoms with Gasteiger partial charge in [0.1, 0.15) is 10.1 Å². The fraction of sp³-hybridized carbons (Fsp3) is 0.0400. The maximum atomic E-state index is 13.9. The minimum Gasteiger partial charge on any atom is -0.334 e. The zero-order valence-electron chi connectivity index (χ0n) is 15.6. The Hall–Kier alpha value is -3.50. The largest absolute Gasteiger partial charge is 0.352 e. The van der Waals surface area contributed by atoms with Crippen LogP contribution in [0.25, 0.3) is 0 Å². The van der Waals surface area contributed by atoms with Gasteiger partial charge >= 0.3 is 5.97 Å². The van der Waals surface area contributed by atoms with Gasteiger partial charge in [-0.1, -0.05) is 109 Å². The Morgan fingerprint density at radius 3 is 1.48 bits per heavy atom. The molecular formula is C25H19NO2S. The topological polar surface area (TPSA) is 31.2 Å². The Morgan fingerprint density at radius 2 is 1.07 bits per heavy atom. The molecule has 0 aliphatic carbocycles. The predicted octanol–water partition coefficient (Wildman–Crippen LogP) is 5.21. The van der Waals surface area contributed by atoms with Crippen LogP contribution in [0.3, 0.4) is 0 Å². The van der Waals surface area contributed by atoms with Gasteiger partial charge in [-0.3, -0.25) is 0 Å². The molecule has 0 N–H and O–H groups in total. The van der Waals surface area contributed by atoms with Crippen LogP contribution in [-0.4, -0.2) is 10.7 Å². The van der Waals surface area contributed by atoms with E-state index < -0.39 is 11.4 Å². The summed E-state index contributed by atoms with van der Waals surface area (Å²) >= 11 is 5.33. The van der Waals surface area contributed by atoms with E-state index in [1.54, 1.807) is 18.3 Å². The highest BCUT2D eigenvalue weighted by Gasteiger charge is 2.46. The molecule has 0 spiro atoms. The van der Waals surface area contributed by atoms with Crippen LogP contribution in [-0.2, 0) is 10.2 Å². The Kier molecular flexibility index (Phi) is 5.36. The van der Waals surface area contributed by atoms with Crippen molar-refractivity contribution in [2.75, 3.05) is 0 Å². The molecule has 1 heterocycles. The van der Waals surface area contributed by atoms with Crippen LogP contribution in [0.2, 0.25) is 0 Å². The summed E-state index contributed by atoms with van der Waals surface area (Å²) in [4.78, 5) is 19.7. The molecule has 3 aromatic carbocycles. The Balaban J connectivity index is 1.99. The van der Waals surface area contributed by atoms with E-state index in [0.29, 0.717) is 4.64 Å². The standard InChI is InChI=1S/C25H19NO2S/c27-24(28-26-19-11-10-18-23(26)29)25(20-12-4-1-5-13-20,21-14-6-2-7-15-21)22-16-8-3-9-17-22/h1-19H. The summed E-state index contributed by atoms with van der Waals surface area (Å²) in [5, 5.41) is 0. The maximum absolute atomic E-state index is 13.9. The van der Waals surface area contributed by atoms with E-state index in [2.05, 4.69) is 0 Å². The van der Waals surface area contributed by atoms with E-state index >= 15 is 0 Å². The van der Waals surface area contributed by atoms with Crippen LogP contribution >= 0.6 is 12.2 Å². The predicted molar refractivity (Wildman–Crippen MR) is 116 cm³/mol. The van der Waals surface area contributed by atoms with Crippen molar-refractivity contribution in [3.05, 3.63) is 137 Å². The fourth-order valence-electron chi connectivity index (χ4n) is 3.56. The lowest BCUT2D eigenvalue weighted by atomic mass is 9.69. The third kappa shape index (κ3) is 3.50. The highest BCUT2D eigenvalue weighted by atomic mass is 32.1. The first-order valence-corrected chi connectivity index (χ1v) is 9.71. The fourth-order valence-corrected chi connectivity index (χ4v) is 3.74. The number of aromatic nitrogens is 1. The van der Waals surface area contributed by atoms with E-state index in [1.807, 2.05) is 97.1 Å². The van der Waals surface area contributed by atoms with Crippen molar-refractivity contribution in [3.8, 4) is 0 Å². The Bertz CT molecular complexity index is 1060. The van der Waals surface area contributed by atoms with Gasteiger partial charge in [0, 0.05) is 6.20 Å². The number of hydrogen-bond donors (Lipinski definition) is 0. The molecule has 0 atom stereocenters. The van der Waals surface area contributed by atoms with Gasteiger partial charge in [0.2, 0.25) is 0 Å². The quantitative estimate of drug-likeness (QED) is 0.342. The molecule has 0 saturated carbocycles. The van der Waals surface area contributed by atoms with E-state index in [4.69, 9.17) is 17.1 Å². The van der Waals surface area contributed by atoms with Crippen LogP contribution in [0.15, 0.2) is 115 Å². The number of hydrogen-bond acceptors (Lipinski definition) is 3. The molecule has 0 unspecified atom stereocenters. The summed E-state index contributed by atoms with van der Waals surface area (Å²) in [7, 11) is 0. The molecule has 4 heteroatoms. The maximum Gasteiger partial charge on any atom is 0.352 e. The number of benzene rings is 3. The summed E-state index contributed by atoms with van der Waals surface area (Å²) in [6, 6.07) is 34.4. The average Bonchev–Trinajstić information content (AvgIpc) is 2.78. The molecule has 4 aromatic rings. The zero-order valence-corrected chi connectivity index (χ0v) is 16.5. The van der Waals surface area contributed by atoms with Crippen LogP contribution in [0.5, 0.6) is 0 Å². The smallest absolute Gasteiger partial charge is 0.334 e. The van der Waals surface area contributed by atoms with Crippen LogP contribution in [0, 0.1) is 4.64 Å². The minimum atomic E-state index is -1.14. The normalized spacial score (nSPS) is 11.0. The molecule has 0 amide bonds. The molecule has 0 bridgehead atoms. The number of carbonyl (C=O) groups excluding carboxylic acids is 1. The van der Waals surface area contributed by atoms with E-state index in [-0.39, 0.29) is 0 Å². The SMILES string of the molecule is O=C(On1ccccc1=S)C(c1ccccc1)(c1ccccc1)c1ccccc1. The minimum absolute atomic E-state index is 0.420. The van der Waals surface area contributed by atoms with Gasteiger partial charge in [-0.05, 0) is 28.8 Å². The molecular weight excluding hydrogens is 378 g/mol. The molecule has 0 fully saturated rings. The molecule has 142 valence electrons. The van der Waals surface area contributed by atoms with Gasteiger partial charge in [0.15, 0.2) is 0 Å². The van der Waals surface area contributed by atoms with Crippen molar-refractivity contribution >= 4 is 18.2 Å². The molecule has 0 saturated heterocycles. The first kappa shape index (κ1) is 18.8. The summed E-state index contributed by atoms with van der Waals surface area (Å²) in [5.74, 6) is -0.427. The second kappa shape index (κ2) is 8.25.